The van der Waals surface area contributed by atoms with Crippen LogP contribution in [0.2, 0.25) is 0 Å². The van der Waals surface area contributed by atoms with Crippen molar-refractivity contribution in [3.8, 4) is 0 Å². The summed E-state index contributed by atoms with van der Waals surface area (Å²) in [6.07, 6.45) is 2.02. The van der Waals surface area contributed by atoms with E-state index in [0.29, 0.717) is 0 Å². The second-order valence-corrected chi connectivity index (χ2v) is 12.4. The largest absolute Gasteiger partial charge is 0.307 e. The fourth-order valence-corrected chi connectivity index (χ4v) is 8.98. The molecule has 0 N–H and O–H groups in total. The van der Waals surface area contributed by atoms with Crippen molar-refractivity contribution < 1.29 is 12.0 Å². The third kappa shape index (κ3) is 4.91. The smallest absolute Gasteiger partial charge is 0.203 e. The molecule has 4 rings (SSSR count). The highest BCUT2D eigenvalue weighted by Gasteiger charge is 2.38. The second-order valence-electron chi connectivity index (χ2n) is 7.91. The molecule has 0 fully saturated rings. The molecule has 0 aliphatic rings. The van der Waals surface area contributed by atoms with E-state index in [1.807, 2.05) is 79.7 Å². The van der Waals surface area contributed by atoms with E-state index in [1.165, 1.54) is 5.56 Å². The van der Waals surface area contributed by atoms with Gasteiger partial charge in [-0.15, -0.1) is 0 Å². The molecular formula is C28H28O3S2. The van der Waals surface area contributed by atoms with Gasteiger partial charge in [0.05, 0.1) is 4.90 Å². The molecule has 0 bridgehead atoms. The van der Waals surface area contributed by atoms with Crippen LogP contribution in [0.1, 0.15) is 24.5 Å². The van der Waals surface area contributed by atoms with Crippen LogP contribution >= 0.6 is 10.3 Å². The Morgan fingerprint density at radius 3 is 1.55 bits per heavy atom. The molecule has 3 nitrogen and oxygen atoms in total. The molecule has 4 aromatic carbocycles. The average molecular weight is 477 g/mol. The third-order valence-corrected chi connectivity index (χ3v) is 10.6. The first-order chi connectivity index (χ1) is 16.0. The monoisotopic (exact) mass is 476 g/mol. The number of hydrogen-bond acceptors (Lipinski definition) is 3. The van der Waals surface area contributed by atoms with Gasteiger partial charge in [-0.3, -0.25) is 0 Å². The molecule has 0 unspecified atom stereocenters. The van der Waals surface area contributed by atoms with E-state index < -0.39 is 20.4 Å². The van der Waals surface area contributed by atoms with Crippen LogP contribution in [0.5, 0.6) is 0 Å². The summed E-state index contributed by atoms with van der Waals surface area (Å²) in [6, 6.07) is 34.3. The molecule has 5 heteroatoms. The Kier molecular flexibility index (Phi) is 7.03. The van der Waals surface area contributed by atoms with Gasteiger partial charge in [0.1, 0.15) is 0 Å². The maximum Gasteiger partial charge on any atom is 0.307 e. The Hall–Kier alpha value is -2.86. The van der Waals surface area contributed by atoms with Gasteiger partial charge in [0, 0.05) is 14.7 Å². The van der Waals surface area contributed by atoms with Gasteiger partial charge in [0.15, 0.2) is 0 Å². The van der Waals surface area contributed by atoms with E-state index in [-0.39, 0.29) is 4.90 Å². The Morgan fingerprint density at radius 1 is 0.606 bits per heavy atom. The summed E-state index contributed by atoms with van der Waals surface area (Å²) in [5.41, 5.74) is 2.21. The second kappa shape index (κ2) is 9.96. The first kappa shape index (κ1) is 23.3. The molecule has 0 aromatic heterocycles. The van der Waals surface area contributed by atoms with Gasteiger partial charge in [-0.25, -0.2) is 3.63 Å². The number of rotatable bonds is 8. The van der Waals surface area contributed by atoms with Gasteiger partial charge >= 0.3 is 10.1 Å². The minimum Gasteiger partial charge on any atom is -0.203 e. The predicted molar refractivity (Wildman–Crippen MR) is 135 cm³/mol. The minimum absolute atomic E-state index is 0.152. The van der Waals surface area contributed by atoms with Gasteiger partial charge in [0.2, 0.25) is 0 Å². The van der Waals surface area contributed by atoms with Crippen LogP contribution in [0.4, 0.5) is 0 Å². The average Bonchev–Trinajstić information content (AvgIpc) is 2.85. The van der Waals surface area contributed by atoms with Gasteiger partial charge < -0.3 is 0 Å². The first-order valence-corrected chi connectivity index (χ1v) is 14.0. The number of hydrogen-bond donors (Lipinski definition) is 0. The zero-order chi connectivity index (χ0) is 23.3. The van der Waals surface area contributed by atoms with Gasteiger partial charge in [-0.2, -0.15) is 8.42 Å². The number of aryl methyl sites for hydroxylation is 2. The van der Waals surface area contributed by atoms with E-state index >= 15 is 0 Å². The summed E-state index contributed by atoms with van der Waals surface area (Å²) < 4.78 is 33.7. The lowest BCUT2D eigenvalue weighted by molar-refractivity contribution is 0.508. The van der Waals surface area contributed by atoms with Crippen LogP contribution in [-0.4, -0.2) is 8.42 Å². The van der Waals surface area contributed by atoms with Crippen molar-refractivity contribution in [3.63, 3.8) is 0 Å². The SMILES string of the molecule is CCCc1ccc(S(OS(=O)(=O)c2ccc(C)cc2)(c2ccccc2)c2ccccc2)cc1. The topological polar surface area (TPSA) is 43.4 Å². The summed E-state index contributed by atoms with van der Waals surface area (Å²) in [5, 5.41) is 0. The molecular weight excluding hydrogens is 448 g/mol. The van der Waals surface area contributed by atoms with Crippen molar-refractivity contribution >= 4 is 20.4 Å². The molecule has 0 atom stereocenters. The lowest BCUT2D eigenvalue weighted by atomic mass is 10.1. The fraction of sp³-hybridized carbons (Fsp3) is 0.143. The lowest BCUT2D eigenvalue weighted by Gasteiger charge is -2.39. The van der Waals surface area contributed by atoms with E-state index in [1.54, 1.807) is 24.3 Å². The standard InChI is InChI=1S/C28H28O3S2/c1-3-10-24-17-21-27(22-18-24)32(25-11-6-4-7-12-25,26-13-8-5-9-14-26)31-33(29,30)28-19-15-23(2)16-20-28/h4-9,11-22H,3,10H2,1-2H3. The van der Waals surface area contributed by atoms with E-state index in [0.717, 1.165) is 33.1 Å². The molecule has 0 spiro atoms. The van der Waals surface area contributed by atoms with Crippen LogP contribution < -0.4 is 0 Å². The van der Waals surface area contributed by atoms with Crippen molar-refractivity contribution in [2.75, 3.05) is 0 Å². The molecule has 0 saturated carbocycles. The summed E-state index contributed by atoms with van der Waals surface area (Å²) >= 11 is 0. The normalized spacial score (nSPS) is 12.4. The Morgan fingerprint density at radius 2 is 1.06 bits per heavy atom. The molecule has 0 aliphatic carbocycles. The Labute approximate surface area is 198 Å². The molecule has 170 valence electrons. The van der Waals surface area contributed by atoms with Crippen molar-refractivity contribution in [2.45, 2.75) is 46.3 Å². The molecule has 0 radical (unpaired) electrons. The predicted octanol–water partition coefficient (Wildman–Crippen LogP) is 7.55. The molecule has 0 saturated heterocycles. The molecule has 4 aromatic rings. The lowest BCUT2D eigenvalue weighted by Crippen LogP contribution is -2.14. The highest BCUT2D eigenvalue weighted by atomic mass is 32.3. The quantitative estimate of drug-likeness (QED) is 0.264. The Bertz CT molecular complexity index is 1240. The highest BCUT2D eigenvalue weighted by Crippen LogP contribution is 2.70. The molecule has 0 amide bonds. The molecule has 0 heterocycles. The van der Waals surface area contributed by atoms with E-state index in [9.17, 15) is 8.42 Å². The van der Waals surface area contributed by atoms with Crippen LogP contribution in [-0.2, 0) is 20.2 Å². The number of benzene rings is 4. The van der Waals surface area contributed by atoms with Gasteiger partial charge in [-0.1, -0.05) is 79.6 Å². The summed E-state index contributed by atoms with van der Waals surface area (Å²) in [7, 11) is -6.63. The Balaban J connectivity index is 1.96. The van der Waals surface area contributed by atoms with Crippen molar-refractivity contribution in [1.29, 1.82) is 0 Å². The van der Waals surface area contributed by atoms with Crippen molar-refractivity contribution in [3.05, 3.63) is 120 Å². The van der Waals surface area contributed by atoms with Crippen LogP contribution in [0.3, 0.4) is 0 Å². The zero-order valence-electron chi connectivity index (χ0n) is 18.8. The maximum absolute atomic E-state index is 13.6. The summed E-state index contributed by atoms with van der Waals surface area (Å²) in [5.74, 6) is 0. The van der Waals surface area contributed by atoms with Crippen LogP contribution in [0.25, 0.3) is 0 Å². The first-order valence-electron chi connectivity index (χ1n) is 11.0. The third-order valence-electron chi connectivity index (χ3n) is 5.45. The van der Waals surface area contributed by atoms with E-state index in [4.69, 9.17) is 3.63 Å². The zero-order valence-corrected chi connectivity index (χ0v) is 20.5. The molecule has 0 aliphatic heterocycles. The highest BCUT2D eigenvalue weighted by molar-refractivity contribution is 8.33. The van der Waals surface area contributed by atoms with Crippen LogP contribution in [0, 0.1) is 6.92 Å². The summed E-state index contributed by atoms with van der Waals surface area (Å²) in [6.45, 7) is 4.08. The fourth-order valence-electron chi connectivity index (χ4n) is 3.77. The van der Waals surface area contributed by atoms with Crippen LogP contribution in [0.15, 0.2) is 129 Å². The minimum atomic E-state index is -4.06. The van der Waals surface area contributed by atoms with Crippen molar-refractivity contribution in [1.82, 2.24) is 0 Å². The molecule has 33 heavy (non-hydrogen) atoms. The van der Waals surface area contributed by atoms with E-state index in [2.05, 4.69) is 19.1 Å². The summed E-state index contributed by atoms with van der Waals surface area (Å²) in [4.78, 5) is 2.65. The maximum atomic E-state index is 13.6. The van der Waals surface area contributed by atoms with Gasteiger partial charge in [0.25, 0.3) is 0 Å². The van der Waals surface area contributed by atoms with Gasteiger partial charge in [-0.05, 0) is 77.7 Å². The van der Waals surface area contributed by atoms with Crippen molar-refractivity contribution in [2.24, 2.45) is 0 Å².